The molecule has 2 heteroatoms. The first-order valence-electron chi connectivity index (χ1n) is 14.7. The van der Waals surface area contributed by atoms with Crippen molar-refractivity contribution in [3.8, 4) is 0 Å². The molecule has 0 saturated heterocycles. The second-order valence-corrected chi connectivity index (χ2v) is 9.98. The highest BCUT2D eigenvalue weighted by Gasteiger charge is 1.97. The first-order valence-corrected chi connectivity index (χ1v) is 14.7. The summed E-state index contributed by atoms with van der Waals surface area (Å²) in [6.45, 7) is 6.56. The minimum Gasteiger partial charge on any atom is -0.353 e. The van der Waals surface area contributed by atoms with E-state index in [1.807, 2.05) is 0 Å². The standard InChI is InChI=1S/C30H59NO/c1-3-5-6-7-8-9-10-11-12-13-14-15-16-17-18-19-20-21-22-23-24-25-26-27-28-29-31-30(32)4-2/h4H,2-3,5-29H2,1H3,(H,31,32). The normalized spacial score (nSPS) is 11.0. The molecule has 0 aliphatic heterocycles. The fraction of sp³-hybridized carbons (Fsp3) is 0.900. The highest BCUT2D eigenvalue weighted by molar-refractivity contribution is 5.86. The minimum absolute atomic E-state index is 0.0469. The van der Waals surface area contributed by atoms with Crippen molar-refractivity contribution in [2.75, 3.05) is 6.54 Å². The molecule has 190 valence electrons. The van der Waals surface area contributed by atoms with Crippen LogP contribution >= 0.6 is 0 Å². The Kier molecular flexibility index (Phi) is 27.5. The molecule has 0 unspecified atom stereocenters. The maximum atomic E-state index is 11.0. The van der Waals surface area contributed by atoms with Crippen molar-refractivity contribution >= 4 is 5.91 Å². The van der Waals surface area contributed by atoms with Crippen molar-refractivity contribution in [1.29, 1.82) is 0 Å². The monoisotopic (exact) mass is 449 g/mol. The highest BCUT2D eigenvalue weighted by atomic mass is 16.1. The van der Waals surface area contributed by atoms with Crippen LogP contribution in [0.3, 0.4) is 0 Å². The lowest BCUT2D eigenvalue weighted by molar-refractivity contribution is -0.116. The molecule has 0 aliphatic rings. The molecule has 0 spiro atoms. The molecule has 32 heavy (non-hydrogen) atoms. The summed E-state index contributed by atoms with van der Waals surface area (Å²) in [4.78, 5) is 11.0. The van der Waals surface area contributed by atoms with Crippen molar-refractivity contribution in [1.82, 2.24) is 5.32 Å². The van der Waals surface area contributed by atoms with E-state index in [-0.39, 0.29) is 5.91 Å². The Hall–Kier alpha value is -0.790. The number of hydrogen-bond acceptors (Lipinski definition) is 1. The molecule has 0 aliphatic carbocycles. The summed E-state index contributed by atoms with van der Waals surface area (Å²) < 4.78 is 0. The maximum absolute atomic E-state index is 11.0. The van der Waals surface area contributed by atoms with Gasteiger partial charge in [-0.05, 0) is 12.5 Å². The minimum atomic E-state index is -0.0469. The third kappa shape index (κ3) is 27.2. The summed E-state index contributed by atoms with van der Waals surface area (Å²) in [6, 6.07) is 0. The molecule has 0 radical (unpaired) electrons. The topological polar surface area (TPSA) is 29.1 Å². The van der Waals surface area contributed by atoms with Crippen molar-refractivity contribution in [2.24, 2.45) is 0 Å². The Balaban J connectivity index is 3.02. The molecule has 0 aromatic heterocycles. The third-order valence-corrected chi connectivity index (χ3v) is 6.76. The molecule has 0 aromatic rings. The van der Waals surface area contributed by atoms with E-state index in [0.29, 0.717) is 0 Å². The summed E-state index contributed by atoms with van der Waals surface area (Å²) in [5, 5.41) is 2.84. The molecule has 0 rings (SSSR count). The quantitative estimate of drug-likeness (QED) is 0.0980. The summed E-state index contributed by atoms with van der Waals surface area (Å²) in [7, 11) is 0. The maximum Gasteiger partial charge on any atom is 0.243 e. The lowest BCUT2D eigenvalue weighted by atomic mass is 10.0. The van der Waals surface area contributed by atoms with Gasteiger partial charge in [-0.3, -0.25) is 4.79 Å². The summed E-state index contributed by atoms with van der Waals surface area (Å²) in [5.41, 5.74) is 0. The van der Waals surface area contributed by atoms with Gasteiger partial charge in [-0.1, -0.05) is 168 Å². The van der Waals surface area contributed by atoms with Crippen LogP contribution in [0.4, 0.5) is 0 Å². The second-order valence-electron chi connectivity index (χ2n) is 9.98. The van der Waals surface area contributed by atoms with Gasteiger partial charge in [0.1, 0.15) is 0 Å². The van der Waals surface area contributed by atoms with Crippen LogP contribution < -0.4 is 5.32 Å². The molecule has 1 amide bonds. The predicted molar refractivity (Wildman–Crippen MR) is 144 cm³/mol. The summed E-state index contributed by atoms with van der Waals surface area (Å²) in [6.07, 6.45) is 36.8. The van der Waals surface area contributed by atoms with E-state index in [9.17, 15) is 4.79 Å². The van der Waals surface area contributed by atoms with Crippen LogP contribution in [0.1, 0.15) is 167 Å². The van der Waals surface area contributed by atoms with Gasteiger partial charge in [0.05, 0.1) is 0 Å². The van der Waals surface area contributed by atoms with Gasteiger partial charge in [0.2, 0.25) is 5.91 Å². The number of amides is 1. The van der Waals surface area contributed by atoms with Gasteiger partial charge in [-0.2, -0.15) is 0 Å². The summed E-state index contributed by atoms with van der Waals surface area (Å²) in [5.74, 6) is -0.0469. The van der Waals surface area contributed by atoms with Crippen molar-refractivity contribution < 1.29 is 4.79 Å². The Morgan fingerprint density at radius 2 is 0.750 bits per heavy atom. The molecule has 0 fully saturated rings. The molecule has 0 aromatic carbocycles. The molecule has 0 bridgehead atoms. The second kappa shape index (κ2) is 28.2. The fourth-order valence-corrected chi connectivity index (χ4v) is 4.55. The molecular weight excluding hydrogens is 390 g/mol. The average molecular weight is 450 g/mol. The number of rotatable bonds is 27. The lowest BCUT2D eigenvalue weighted by Crippen LogP contribution is -2.21. The number of carbonyl (C=O) groups is 1. The van der Waals surface area contributed by atoms with E-state index in [1.165, 1.54) is 160 Å². The van der Waals surface area contributed by atoms with Crippen LogP contribution in [0.25, 0.3) is 0 Å². The van der Waals surface area contributed by atoms with Gasteiger partial charge >= 0.3 is 0 Å². The van der Waals surface area contributed by atoms with Gasteiger partial charge in [0.25, 0.3) is 0 Å². The number of carbonyl (C=O) groups excluding carboxylic acids is 1. The molecule has 0 atom stereocenters. The van der Waals surface area contributed by atoms with Gasteiger partial charge in [-0.15, -0.1) is 0 Å². The molecule has 0 saturated carbocycles. The van der Waals surface area contributed by atoms with E-state index in [0.717, 1.165) is 13.0 Å². The zero-order valence-electron chi connectivity index (χ0n) is 22.1. The first-order chi connectivity index (χ1) is 15.8. The Labute approximate surface area is 202 Å². The number of unbranched alkanes of at least 4 members (excludes halogenated alkanes) is 24. The van der Waals surface area contributed by atoms with E-state index >= 15 is 0 Å². The Bertz CT molecular complexity index is 379. The van der Waals surface area contributed by atoms with Crippen LogP contribution in [-0.4, -0.2) is 12.5 Å². The predicted octanol–water partition coefficient (Wildman–Crippen LogP) is 10.1. The fourth-order valence-electron chi connectivity index (χ4n) is 4.55. The van der Waals surface area contributed by atoms with Gasteiger partial charge < -0.3 is 5.32 Å². The van der Waals surface area contributed by atoms with Crippen LogP contribution in [0, 0.1) is 0 Å². The smallest absolute Gasteiger partial charge is 0.243 e. The van der Waals surface area contributed by atoms with E-state index in [1.54, 1.807) is 0 Å². The molecule has 1 N–H and O–H groups in total. The third-order valence-electron chi connectivity index (χ3n) is 6.76. The number of hydrogen-bond donors (Lipinski definition) is 1. The van der Waals surface area contributed by atoms with E-state index < -0.39 is 0 Å². The van der Waals surface area contributed by atoms with Crippen molar-refractivity contribution in [3.05, 3.63) is 12.7 Å². The van der Waals surface area contributed by atoms with Gasteiger partial charge in [0.15, 0.2) is 0 Å². The molecule has 2 nitrogen and oxygen atoms in total. The average Bonchev–Trinajstić information content (AvgIpc) is 2.81. The SMILES string of the molecule is C=CC(=O)NCCCCCCCCCCCCCCCCCCCCCCCCCCC. The van der Waals surface area contributed by atoms with Crippen LogP contribution in [0.5, 0.6) is 0 Å². The van der Waals surface area contributed by atoms with Crippen LogP contribution in [0.2, 0.25) is 0 Å². The van der Waals surface area contributed by atoms with Crippen LogP contribution in [-0.2, 0) is 4.79 Å². The molecule has 0 heterocycles. The van der Waals surface area contributed by atoms with E-state index in [4.69, 9.17) is 0 Å². The lowest BCUT2D eigenvalue weighted by Gasteiger charge is -2.04. The van der Waals surface area contributed by atoms with E-state index in [2.05, 4.69) is 18.8 Å². The van der Waals surface area contributed by atoms with Gasteiger partial charge in [-0.25, -0.2) is 0 Å². The highest BCUT2D eigenvalue weighted by Crippen LogP contribution is 2.15. The van der Waals surface area contributed by atoms with Crippen molar-refractivity contribution in [3.63, 3.8) is 0 Å². The largest absolute Gasteiger partial charge is 0.353 e. The zero-order valence-corrected chi connectivity index (χ0v) is 22.1. The van der Waals surface area contributed by atoms with Crippen molar-refractivity contribution in [2.45, 2.75) is 167 Å². The Morgan fingerprint density at radius 3 is 1.00 bits per heavy atom. The first kappa shape index (κ1) is 31.2. The molecular formula is C30H59NO. The Morgan fingerprint density at radius 1 is 0.500 bits per heavy atom. The van der Waals surface area contributed by atoms with Crippen LogP contribution in [0.15, 0.2) is 12.7 Å². The van der Waals surface area contributed by atoms with Gasteiger partial charge in [0, 0.05) is 6.54 Å². The zero-order chi connectivity index (χ0) is 23.4. The summed E-state index contributed by atoms with van der Waals surface area (Å²) >= 11 is 0. The number of nitrogens with one attached hydrogen (secondary N) is 1.